The Balaban J connectivity index is 1.91. The van der Waals surface area contributed by atoms with Gasteiger partial charge in [-0.15, -0.1) is 0 Å². The van der Waals surface area contributed by atoms with Gasteiger partial charge >= 0.3 is 0 Å². The van der Waals surface area contributed by atoms with E-state index in [9.17, 15) is 4.79 Å². The average Bonchev–Trinajstić information content (AvgIpc) is 2.77. The molecule has 0 saturated carbocycles. The van der Waals surface area contributed by atoms with Crippen LogP contribution in [0.2, 0.25) is 0 Å². The highest BCUT2D eigenvalue weighted by molar-refractivity contribution is 5.93. The molecule has 178 valence electrons. The zero-order chi connectivity index (χ0) is 22.4. The van der Waals surface area contributed by atoms with Crippen LogP contribution >= 0.6 is 0 Å². The molecule has 0 aliphatic carbocycles. The number of anilines is 1. The Bertz CT molecular complexity index is 551. The summed E-state index contributed by atoms with van der Waals surface area (Å²) in [6, 6.07) is 7.53. The van der Waals surface area contributed by atoms with Crippen molar-refractivity contribution < 1.29 is 9.53 Å². The van der Waals surface area contributed by atoms with Gasteiger partial charge in [0.1, 0.15) is 5.75 Å². The maximum absolute atomic E-state index is 11.7. The molecule has 1 aromatic rings. The minimum absolute atomic E-state index is 0.0768. The highest BCUT2D eigenvalue weighted by atomic mass is 16.5. The smallest absolute Gasteiger partial charge is 0.239 e. The second-order valence-corrected chi connectivity index (χ2v) is 8.58. The van der Waals surface area contributed by atoms with Crippen molar-refractivity contribution in [3.05, 3.63) is 24.3 Å². The van der Waals surface area contributed by atoms with Gasteiger partial charge in [-0.2, -0.15) is 0 Å². The van der Waals surface area contributed by atoms with Crippen molar-refractivity contribution >= 4 is 11.6 Å². The first kappa shape index (κ1) is 27.4. The number of rotatable bonds is 21. The van der Waals surface area contributed by atoms with E-state index < -0.39 is 0 Å². The Hall–Kier alpha value is -1.59. The molecule has 0 atom stereocenters. The van der Waals surface area contributed by atoms with Crippen molar-refractivity contribution in [1.29, 1.82) is 0 Å². The van der Waals surface area contributed by atoms with Gasteiger partial charge in [0.05, 0.1) is 18.8 Å². The van der Waals surface area contributed by atoms with Gasteiger partial charge < -0.3 is 10.1 Å². The summed E-state index contributed by atoms with van der Waals surface area (Å²) >= 11 is 0. The van der Waals surface area contributed by atoms with Crippen LogP contribution in [0.25, 0.3) is 0 Å². The van der Waals surface area contributed by atoms with Crippen LogP contribution in [0.4, 0.5) is 5.69 Å². The minimum atomic E-state index is -0.180. The Kier molecular flexibility index (Phi) is 18.0. The van der Waals surface area contributed by atoms with Gasteiger partial charge in [-0.25, -0.2) is 0 Å². The van der Waals surface area contributed by atoms with Crippen molar-refractivity contribution in [2.24, 2.45) is 5.84 Å². The third-order valence-corrected chi connectivity index (χ3v) is 5.68. The minimum Gasteiger partial charge on any atom is -0.491 e. The van der Waals surface area contributed by atoms with Crippen molar-refractivity contribution in [2.45, 2.75) is 110 Å². The second kappa shape index (κ2) is 20.3. The van der Waals surface area contributed by atoms with Crippen molar-refractivity contribution in [2.75, 3.05) is 18.5 Å². The van der Waals surface area contributed by atoms with Crippen LogP contribution in [0.3, 0.4) is 0 Å². The lowest BCUT2D eigenvalue weighted by Gasteiger charge is -2.12. The average molecular weight is 434 g/mol. The number of amides is 1. The summed E-state index contributed by atoms with van der Waals surface area (Å²) in [6.07, 6.45) is 21.8. The van der Waals surface area contributed by atoms with Crippen LogP contribution in [-0.4, -0.2) is 19.1 Å². The van der Waals surface area contributed by atoms with Crippen LogP contribution in [0.5, 0.6) is 5.75 Å². The molecule has 0 saturated heterocycles. The van der Waals surface area contributed by atoms with E-state index in [0.29, 0.717) is 18.0 Å². The SMILES string of the molecule is CCCCCCCCCCCCCCCCCCOc1ccccc1NC(=O)CNN. The summed E-state index contributed by atoms with van der Waals surface area (Å²) in [4.78, 5) is 11.7. The van der Waals surface area contributed by atoms with E-state index in [4.69, 9.17) is 10.6 Å². The molecular weight excluding hydrogens is 386 g/mol. The standard InChI is InChI=1S/C26H47N3O2/c1-2-3-4-5-6-7-8-9-10-11-12-13-14-15-16-19-22-31-25-21-18-17-20-24(25)29-26(30)23-28-27/h17-18,20-21,28H,2-16,19,22-23,27H2,1H3,(H,29,30). The fourth-order valence-corrected chi connectivity index (χ4v) is 3.82. The number of nitrogens with one attached hydrogen (secondary N) is 2. The van der Waals surface area contributed by atoms with E-state index in [2.05, 4.69) is 17.7 Å². The van der Waals surface area contributed by atoms with Crippen LogP contribution in [0.1, 0.15) is 110 Å². The summed E-state index contributed by atoms with van der Waals surface area (Å²) < 4.78 is 5.87. The molecule has 0 aliphatic rings. The van der Waals surface area contributed by atoms with Gasteiger partial charge in [0.15, 0.2) is 0 Å². The maximum Gasteiger partial charge on any atom is 0.239 e. The molecule has 4 N–H and O–H groups in total. The monoisotopic (exact) mass is 433 g/mol. The fourth-order valence-electron chi connectivity index (χ4n) is 3.82. The molecule has 0 bridgehead atoms. The first-order valence-corrected chi connectivity index (χ1v) is 12.7. The Labute approximate surface area is 190 Å². The number of carbonyl (C=O) groups is 1. The van der Waals surface area contributed by atoms with Crippen molar-refractivity contribution in [3.63, 3.8) is 0 Å². The molecule has 1 aromatic carbocycles. The number of hydrogen-bond acceptors (Lipinski definition) is 4. The highest BCUT2D eigenvalue weighted by Gasteiger charge is 2.06. The number of ether oxygens (including phenoxy) is 1. The fraction of sp³-hybridized carbons (Fsp3) is 0.731. The van der Waals surface area contributed by atoms with E-state index in [0.717, 1.165) is 6.42 Å². The lowest BCUT2D eigenvalue weighted by Crippen LogP contribution is -2.32. The predicted molar refractivity (Wildman–Crippen MR) is 132 cm³/mol. The third-order valence-electron chi connectivity index (χ3n) is 5.68. The van der Waals surface area contributed by atoms with Gasteiger partial charge in [0, 0.05) is 0 Å². The number of para-hydroxylation sites is 2. The van der Waals surface area contributed by atoms with E-state index in [1.54, 1.807) is 0 Å². The number of benzene rings is 1. The molecule has 5 heteroatoms. The van der Waals surface area contributed by atoms with Gasteiger partial charge in [0.25, 0.3) is 0 Å². The van der Waals surface area contributed by atoms with Gasteiger partial charge in [-0.1, -0.05) is 115 Å². The Morgan fingerprint density at radius 2 is 1.26 bits per heavy atom. The van der Waals surface area contributed by atoms with Gasteiger partial charge in [-0.3, -0.25) is 16.1 Å². The highest BCUT2D eigenvalue weighted by Crippen LogP contribution is 2.24. The van der Waals surface area contributed by atoms with Crippen LogP contribution in [0.15, 0.2) is 24.3 Å². The number of nitrogens with two attached hydrogens (primary N) is 1. The van der Waals surface area contributed by atoms with Gasteiger partial charge in [0.2, 0.25) is 5.91 Å². The molecular formula is C26H47N3O2. The quantitative estimate of drug-likeness (QED) is 0.114. The molecule has 0 aliphatic heterocycles. The number of unbranched alkanes of at least 4 members (excludes halogenated alkanes) is 15. The largest absolute Gasteiger partial charge is 0.491 e. The molecule has 1 rings (SSSR count). The molecule has 1 amide bonds. The third kappa shape index (κ3) is 15.8. The van der Waals surface area contributed by atoms with Crippen LogP contribution in [-0.2, 0) is 4.79 Å². The lowest BCUT2D eigenvalue weighted by atomic mass is 10.0. The summed E-state index contributed by atoms with van der Waals surface area (Å²) in [5, 5.41) is 2.81. The van der Waals surface area contributed by atoms with Crippen molar-refractivity contribution in [1.82, 2.24) is 5.43 Å². The Morgan fingerprint density at radius 1 is 0.774 bits per heavy atom. The molecule has 0 unspecified atom stereocenters. The molecule has 0 fully saturated rings. The number of carbonyl (C=O) groups excluding carboxylic acids is 1. The van der Waals surface area contributed by atoms with E-state index in [1.165, 1.54) is 96.3 Å². The van der Waals surface area contributed by atoms with Crippen molar-refractivity contribution in [3.8, 4) is 5.75 Å². The molecule has 5 nitrogen and oxygen atoms in total. The zero-order valence-corrected chi connectivity index (χ0v) is 19.9. The normalized spacial score (nSPS) is 10.9. The van der Waals surface area contributed by atoms with Crippen LogP contribution in [0, 0.1) is 0 Å². The number of hydrogen-bond donors (Lipinski definition) is 3. The maximum atomic E-state index is 11.7. The summed E-state index contributed by atoms with van der Waals surface area (Å²) in [6.45, 7) is 3.04. The molecule has 0 spiro atoms. The van der Waals surface area contributed by atoms with Crippen LogP contribution < -0.4 is 21.3 Å². The number of hydrazine groups is 1. The summed E-state index contributed by atoms with van der Waals surface area (Å²) in [7, 11) is 0. The van der Waals surface area contributed by atoms with Gasteiger partial charge in [-0.05, 0) is 18.6 Å². The second-order valence-electron chi connectivity index (χ2n) is 8.58. The van der Waals surface area contributed by atoms with E-state index >= 15 is 0 Å². The predicted octanol–water partition coefficient (Wildman–Crippen LogP) is 6.73. The Morgan fingerprint density at radius 3 is 1.77 bits per heavy atom. The molecule has 0 aromatic heterocycles. The van der Waals surface area contributed by atoms with E-state index in [1.807, 2.05) is 24.3 Å². The summed E-state index contributed by atoms with van der Waals surface area (Å²) in [5.41, 5.74) is 3.05. The molecule has 0 heterocycles. The first-order chi connectivity index (χ1) is 15.3. The summed E-state index contributed by atoms with van der Waals surface area (Å²) in [5.74, 6) is 5.72. The zero-order valence-electron chi connectivity index (χ0n) is 19.9. The first-order valence-electron chi connectivity index (χ1n) is 12.7. The van der Waals surface area contributed by atoms with E-state index in [-0.39, 0.29) is 12.5 Å². The molecule has 31 heavy (non-hydrogen) atoms. The molecule has 0 radical (unpaired) electrons. The topological polar surface area (TPSA) is 76.4 Å². The lowest BCUT2D eigenvalue weighted by molar-refractivity contribution is -0.115.